The molecule has 2 amide bonds. The standard InChI is InChI=1S/C27H21N3O6S2/c1-15-5-7-16(8-6-15)22-13-38-27(29-22)30-23(31)14-37-19-4-2-3-18(12-19)28-24(32)20-10-9-17(25(33)34)11-21(20)26(35)36/h2-13H,14H2,1H3,(H,28,32)(H,33,34)(H,35,36)(H,29,30,31). The van der Waals surface area contributed by atoms with E-state index in [1.165, 1.54) is 29.2 Å². The van der Waals surface area contributed by atoms with Gasteiger partial charge in [-0.3, -0.25) is 9.59 Å². The van der Waals surface area contributed by atoms with E-state index in [0.29, 0.717) is 15.7 Å². The highest BCUT2D eigenvalue weighted by atomic mass is 32.2. The Labute approximate surface area is 225 Å². The first-order valence-corrected chi connectivity index (χ1v) is 13.0. The van der Waals surface area contributed by atoms with E-state index in [1.807, 2.05) is 36.6 Å². The molecule has 11 heteroatoms. The summed E-state index contributed by atoms with van der Waals surface area (Å²) in [6.07, 6.45) is 0. The molecule has 4 aromatic rings. The van der Waals surface area contributed by atoms with Gasteiger partial charge in [0.1, 0.15) is 0 Å². The molecule has 0 unspecified atom stereocenters. The molecule has 38 heavy (non-hydrogen) atoms. The first-order valence-electron chi connectivity index (χ1n) is 11.2. The van der Waals surface area contributed by atoms with Gasteiger partial charge in [0.25, 0.3) is 5.91 Å². The summed E-state index contributed by atoms with van der Waals surface area (Å²) in [7, 11) is 0. The molecule has 9 nitrogen and oxygen atoms in total. The summed E-state index contributed by atoms with van der Waals surface area (Å²) >= 11 is 2.59. The van der Waals surface area contributed by atoms with Gasteiger partial charge in [-0.25, -0.2) is 14.6 Å². The number of hydrogen-bond donors (Lipinski definition) is 4. The molecule has 0 saturated carbocycles. The number of benzene rings is 3. The Balaban J connectivity index is 1.36. The number of nitrogens with zero attached hydrogens (tertiary/aromatic N) is 1. The van der Waals surface area contributed by atoms with Crippen LogP contribution in [0.25, 0.3) is 11.3 Å². The lowest BCUT2D eigenvalue weighted by molar-refractivity contribution is -0.113. The quantitative estimate of drug-likeness (QED) is 0.201. The minimum Gasteiger partial charge on any atom is -0.478 e. The van der Waals surface area contributed by atoms with Crippen LogP contribution in [0.5, 0.6) is 0 Å². The van der Waals surface area contributed by atoms with E-state index in [4.69, 9.17) is 5.11 Å². The maximum Gasteiger partial charge on any atom is 0.336 e. The SMILES string of the molecule is Cc1ccc(-c2csc(NC(=O)CSc3cccc(NC(=O)c4ccc(C(=O)O)cc4C(=O)O)c3)n2)cc1. The molecule has 0 spiro atoms. The van der Waals surface area contributed by atoms with Crippen LogP contribution in [0, 0.1) is 6.92 Å². The Morgan fingerprint density at radius 1 is 0.895 bits per heavy atom. The second-order valence-corrected chi connectivity index (χ2v) is 10.0. The third kappa shape index (κ3) is 6.64. The van der Waals surface area contributed by atoms with Crippen molar-refractivity contribution in [3.63, 3.8) is 0 Å². The first kappa shape index (κ1) is 26.6. The fourth-order valence-corrected chi connectivity index (χ4v) is 4.90. The molecule has 0 atom stereocenters. The molecule has 0 fully saturated rings. The predicted octanol–water partition coefficient (Wildman–Crippen LogP) is 5.50. The molecule has 4 N–H and O–H groups in total. The van der Waals surface area contributed by atoms with Crippen LogP contribution in [0.15, 0.2) is 77.0 Å². The molecular weight excluding hydrogens is 526 g/mol. The predicted molar refractivity (Wildman–Crippen MR) is 146 cm³/mol. The maximum atomic E-state index is 12.7. The van der Waals surface area contributed by atoms with Gasteiger partial charge in [0.2, 0.25) is 5.91 Å². The molecule has 0 saturated heterocycles. The molecule has 0 bridgehead atoms. The van der Waals surface area contributed by atoms with Crippen LogP contribution in [-0.2, 0) is 4.79 Å². The number of carbonyl (C=O) groups is 4. The molecule has 1 heterocycles. The van der Waals surface area contributed by atoms with E-state index in [2.05, 4.69) is 15.6 Å². The number of nitrogens with one attached hydrogen (secondary N) is 2. The van der Waals surface area contributed by atoms with Gasteiger partial charge in [-0.1, -0.05) is 35.9 Å². The van der Waals surface area contributed by atoms with Gasteiger partial charge < -0.3 is 20.8 Å². The Morgan fingerprint density at radius 3 is 2.37 bits per heavy atom. The summed E-state index contributed by atoms with van der Waals surface area (Å²) in [5.74, 6) is -3.54. The van der Waals surface area contributed by atoms with Crippen molar-refractivity contribution in [3.05, 3.63) is 94.4 Å². The van der Waals surface area contributed by atoms with Crippen molar-refractivity contribution < 1.29 is 29.4 Å². The minimum atomic E-state index is -1.42. The second kappa shape index (κ2) is 11.7. The number of thiazole rings is 1. The van der Waals surface area contributed by atoms with Gasteiger partial charge in [-0.15, -0.1) is 23.1 Å². The van der Waals surface area contributed by atoms with E-state index in [1.54, 1.807) is 24.3 Å². The summed E-state index contributed by atoms with van der Waals surface area (Å²) in [4.78, 5) is 53.1. The van der Waals surface area contributed by atoms with Gasteiger partial charge in [0.15, 0.2) is 5.13 Å². The molecule has 0 radical (unpaired) electrons. The Hall–Kier alpha value is -4.48. The van der Waals surface area contributed by atoms with Crippen molar-refractivity contribution in [2.24, 2.45) is 0 Å². The van der Waals surface area contributed by atoms with Crippen molar-refractivity contribution in [1.82, 2.24) is 4.98 Å². The number of amides is 2. The van der Waals surface area contributed by atoms with Gasteiger partial charge in [-0.05, 0) is 43.3 Å². The van der Waals surface area contributed by atoms with Crippen LogP contribution >= 0.6 is 23.1 Å². The molecule has 1 aromatic heterocycles. The Kier molecular flexibility index (Phi) is 8.19. The zero-order chi connectivity index (χ0) is 27.2. The van der Waals surface area contributed by atoms with Crippen molar-refractivity contribution in [2.45, 2.75) is 11.8 Å². The minimum absolute atomic E-state index is 0.108. The first-order chi connectivity index (χ1) is 18.2. The Morgan fingerprint density at radius 2 is 1.66 bits per heavy atom. The zero-order valence-electron chi connectivity index (χ0n) is 19.9. The summed E-state index contributed by atoms with van der Waals surface area (Å²) in [6.45, 7) is 2.01. The van der Waals surface area contributed by atoms with Crippen molar-refractivity contribution in [3.8, 4) is 11.3 Å². The highest BCUT2D eigenvalue weighted by molar-refractivity contribution is 8.00. The third-order valence-electron chi connectivity index (χ3n) is 5.30. The smallest absolute Gasteiger partial charge is 0.336 e. The van der Waals surface area contributed by atoms with Crippen molar-refractivity contribution >= 4 is 57.7 Å². The molecule has 3 aromatic carbocycles. The third-order valence-corrected chi connectivity index (χ3v) is 7.05. The summed E-state index contributed by atoms with van der Waals surface area (Å²) in [5.41, 5.74) is 2.46. The van der Waals surface area contributed by atoms with Gasteiger partial charge in [0.05, 0.1) is 28.1 Å². The lowest BCUT2D eigenvalue weighted by Gasteiger charge is -2.10. The number of carboxylic acid groups (broad SMARTS) is 2. The lowest BCUT2D eigenvalue weighted by atomic mass is 10.0. The van der Waals surface area contributed by atoms with Crippen LogP contribution in [0.3, 0.4) is 0 Å². The zero-order valence-corrected chi connectivity index (χ0v) is 21.6. The number of aryl methyl sites for hydroxylation is 1. The van der Waals surface area contributed by atoms with Gasteiger partial charge in [-0.2, -0.15) is 0 Å². The molecular formula is C27H21N3O6S2. The number of thioether (sulfide) groups is 1. The van der Waals surface area contributed by atoms with E-state index < -0.39 is 23.4 Å². The fourth-order valence-electron chi connectivity index (χ4n) is 3.41. The normalized spacial score (nSPS) is 10.6. The number of aromatic nitrogens is 1. The largest absolute Gasteiger partial charge is 0.478 e. The number of anilines is 2. The van der Waals surface area contributed by atoms with Crippen molar-refractivity contribution in [1.29, 1.82) is 0 Å². The van der Waals surface area contributed by atoms with Crippen LogP contribution in [0.1, 0.15) is 36.6 Å². The molecule has 192 valence electrons. The average Bonchev–Trinajstić information content (AvgIpc) is 3.36. The van der Waals surface area contributed by atoms with E-state index in [9.17, 15) is 24.3 Å². The number of hydrogen-bond acceptors (Lipinski definition) is 7. The summed E-state index contributed by atoms with van der Waals surface area (Å²) in [5, 5.41) is 26.3. The van der Waals surface area contributed by atoms with E-state index in [-0.39, 0.29) is 22.8 Å². The monoisotopic (exact) mass is 547 g/mol. The van der Waals surface area contributed by atoms with Crippen LogP contribution in [0.2, 0.25) is 0 Å². The molecule has 0 aliphatic heterocycles. The highest BCUT2D eigenvalue weighted by Crippen LogP contribution is 2.26. The lowest BCUT2D eigenvalue weighted by Crippen LogP contribution is -2.17. The maximum absolute atomic E-state index is 12.7. The topological polar surface area (TPSA) is 146 Å². The molecule has 4 rings (SSSR count). The Bertz CT molecular complexity index is 1530. The average molecular weight is 548 g/mol. The number of carbonyl (C=O) groups excluding carboxylic acids is 2. The second-order valence-electron chi connectivity index (χ2n) is 8.09. The van der Waals surface area contributed by atoms with Crippen LogP contribution in [-0.4, -0.2) is 44.7 Å². The fraction of sp³-hybridized carbons (Fsp3) is 0.0741. The van der Waals surface area contributed by atoms with E-state index >= 15 is 0 Å². The molecule has 0 aliphatic carbocycles. The van der Waals surface area contributed by atoms with Crippen molar-refractivity contribution in [2.75, 3.05) is 16.4 Å². The summed E-state index contributed by atoms with van der Waals surface area (Å²) in [6, 6.07) is 18.0. The van der Waals surface area contributed by atoms with Gasteiger partial charge >= 0.3 is 11.9 Å². The summed E-state index contributed by atoms with van der Waals surface area (Å²) < 4.78 is 0. The highest BCUT2D eigenvalue weighted by Gasteiger charge is 2.19. The van der Waals surface area contributed by atoms with Crippen LogP contribution in [0.4, 0.5) is 10.8 Å². The number of rotatable bonds is 9. The van der Waals surface area contributed by atoms with E-state index in [0.717, 1.165) is 29.0 Å². The van der Waals surface area contributed by atoms with Crippen LogP contribution < -0.4 is 10.6 Å². The molecule has 0 aliphatic rings. The number of carboxylic acids is 2. The number of aromatic carboxylic acids is 2. The van der Waals surface area contributed by atoms with Gasteiger partial charge in [0, 0.05) is 21.5 Å².